The number of hydrogen-bond acceptors (Lipinski definition) is 5. The molecule has 2 aromatic heterocycles. The normalized spacial score (nSPS) is 16.7. The van der Waals surface area contributed by atoms with Crippen molar-refractivity contribution in [1.29, 1.82) is 0 Å². The third-order valence-electron chi connectivity index (χ3n) is 6.31. The molecule has 0 saturated heterocycles. The molecule has 0 spiro atoms. The van der Waals surface area contributed by atoms with Crippen LogP contribution in [0, 0.1) is 19.3 Å². The van der Waals surface area contributed by atoms with Crippen molar-refractivity contribution in [3.05, 3.63) is 71.3 Å². The first kappa shape index (κ1) is 22.9. The lowest BCUT2D eigenvalue weighted by molar-refractivity contribution is -0.122. The molecule has 1 N–H and O–H groups in total. The first-order valence-electron chi connectivity index (χ1n) is 11.6. The monoisotopic (exact) mass is 444 g/mol. The number of benzene rings is 1. The summed E-state index contributed by atoms with van der Waals surface area (Å²) in [6, 6.07) is 9.79. The van der Waals surface area contributed by atoms with Crippen LogP contribution in [0.5, 0.6) is 5.75 Å². The summed E-state index contributed by atoms with van der Waals surface area (Å²) in [7, 11) is 0. The Morgan fingerprint density at radius 1 is 1.18 bits per heavy atom. The molecule has 1 aromatic carbocycles. The van der Waals surface area contributed by atoms with Crippen LogP contribution < -0.4 is 10.1 Å². The topological polar surface area (TPSA) is 77.0 Å². The minimum Gasteiger partial charge on any atom is -0.493 e. The van der Waals surface area contributed by atoms with Gasteiger partial charge in [0.2, 0.25) is 5.91 Å². The number of fused-ring (bicyclic) bond motifs is 1. The van der Waals surface area contributed by atoms with E-state index in [4.69, 9.17) is 9.72 Å². The molecule has 1 atom stereocenters. The van der Waals surface area contributed by atoms with Gasteiger partial charge in [0, 0.05) is 36.1 Å². The fourth-order valence-corrected chi connectivity index (χ4v) is 4.38. The van der Waals surface area contributed by atoms with Crippen molar-refractivity contribution in [3.63, 3.8) is 0 Å². The number of aromatic nitrogens is 3. The smallest absolute Gasteiger partial charge is 0.220 e. The first-order chi connectivity index (χ1) is 15.8. The molecule has 0 saturated carbocycles. The zero-order chi connectivity index (χ0) is 23.4. The summed E-state index contributed by atoms with van der Waals surface area (Å²) in [6.07, 6.45) is 8.18. The Balaban J connectivity index is 1.38. The van der Waals surface area contributed by atoms with Crippen molar-refractivity contribution >= 4 is 5.91 Å². The van der Waals surface area contributed by atoms with E-state index in [2.05, 4.69) is 49.0 Å². The van der Waals surface area contributed by atoms with E-state index in [1.165, 1.54) is 5.56 Å². The van der Waals surface area contributed by atoms with E-state index in [9.17, 15) is 4.79 Å². The number of hydrogen-bond donors (Lipinski definition) is 1. The van der Waals surface area contributed by atoms with Crippen LogP contribution in [0.2, 0.25) is 0 Å². The minimum atomic E-state index is -0.0809. The predicted molar refractivity (Wildman–Crippen MR) is 129 cm³/mol. The number of ether oxygens (including phenoxy) is 1. The van der Waals surface area contributed by atoms with Crippen molar-refractivity contribution in [2.24, 2.45) is 5.41 Å². The predicted octanol–water partition coefficient (Wildman–Crippen LogP) is 5.14. The maximum Gasteiger partial charge on any atom is 0.220 e. The van der Waals surface area contributed by atoms with Crippen LogP contribution in [0.15, 0.2) is 48.9 Å². The zero-order valence-electron chi connectivity index (χ0n) is 19.9. The molecule has 172 valence electrons. The number of rotatable bonds is 7. The fourth-order valence-electron chi connectivity index (χ4n) is 4.38. The van der Waals surface area contributed by atoms with Crippen LogP contribution in [0.25, 0.3) is 11.4 Å². The number of carbonyl (C=O) groups excluding carboxylic acids is 1. The lowest BCUT2D eigenvalue weighted by Gasteiger charge is -2.36. The van der Waals surface area contributed by atoms with Gasteiger partial charge in [0.1, 0.15) is 5.75 Å². The Morgan fingerprint density at radius 3 is 2.76 bits per heavy atom. The van der Waals surface area contributed by atoms with Gasteiger partial charge in [-0.15, -0.1) is 0 Å². The number of aryl methyl sites for hydroxylation is 1. The van der Waals surface area contributed by atoms with Gasteiger partial charge in [-0.05, 0) is 67.9 Å². The summed E-state index contributed by atoms with van der Waals surface area (Å²) < 4.78 is 5.90. The molecule has 6 nitrogen and oxygen atoms in total. The Morgan fingerprint density at radius 2 is 1.97 bits per heavy atom. The van der Waals surface area contributed by atoms with Crippen LogP contribution in [0.4, 0.5) is 0 Å². The number of carbonyl (C=O) groups is 1. The van der Waals surface area contributed by atoms with Gasteiger partial charge in [0.25, 0.3) is 0 Å². The highest BCUT2D eigenvalue weighted by molar-refractivity contribution is 5.76. The third kappa shape index (κ3) is 5.56. The van der Waals surface area contributed by atoms with E-state index in [0.717, 1.165) is 41.0 Å². The van der Waals surface area contributed by atoms with Gasteiger partial charge >= 0.3 is 0 Å². The second kappa shape index (κ2) is 9.69. The summed E-state index contributed by atoms with van der Waals surface area (Å²) >= 11 is 0. The molecule has 0 unspecified atom stereocenters. The van der Waals surface area contributed by atoms with E-state index in [1.807, 2.05) is 30.5 Å². The highest BCUT2D eigenvalue weighted by atomic mass is 16.5. The number of nitrogens with one attached hydrogen (secondary N) is 1. The minimum absolute atomic E-state index is 0.0337. The largest absolute Gasteiger partial charge is 0.493 e. The molecule has 0 aliphatic heterocycles. The van der Waals surface area contributed by atoms with Crippen molar-refractivity contribution in [3.8, 4) is 17.1 Å². The molecule has 0 radical (unpaired) electrons. The SMILES string of the molecule is Cc1cccc(OCCCC(=O)N[C@@H]2CC(C)(C)Cc3nc(-c4ccncc4)ncc32)c1C. The summed E-state index contributed by atoms with van der Waals surface area (Å²) in [6.45, 7) is 9.09. The maximum atomic E-state index is 12.7. The average Bonchev–Trinajstić information content (AvgIpc) is 2.79. The van der Waals surface area contributed by atoms with E-state index < -0.39 is 0 Å². The lowest BCUT2D eigenvalue weighted by Crippen LogP contribution is -2.37. The molecule has 33 heavy (non-hydrogen) atoms. The van der Waals surface area contributed by atoms with Crippen molar-refractivity contribution in [2.45, 2.75) is 59.4 Å². The third-order valence-corrected chi connectivity index (χ3v) is 6.31. The molecule has 4 rings (SSSR count). The van der Waals surface area contributed by atoms with Gasteiger partial charge in [-0.1, -0.05) is 26.0 Å². The van der Waals surface area contributed by atoms with Gasteiger partial charge < -0.3 is 10.1 Å². The summed E-state index contributed by atoms with van der Waals surface area (Å²) in [4.78, 5) is 26.2. The Kier molecular flexibility index (Phi) is 6.72. The maximum absolute atomic E-state index is 12.7. The number of amides is 1. The Hall–Kier alpha value is -3.28. The van der Waals surface area contributed by atoms with Crippen LogP contribution in [0.3, 0.4) is 0 Å². The summed E-state index contributed by atoms with van der Waals surface area (Å²) in [5.74, 6) is 1.62. The average molecular weight is 445 g/mol. The van der Waals surface area contributed by atoms with Crippen LogP contribution in [-0.2, 0) is 11.2 Å². The Labute approximate surface area is 195 Å². The second-order valence-corrected chi connectivity index (χ2v) is 9.65. The van der Waals surface area contributed by atoms with E-state index in [0.29, 0.717) is 25.3 Å². The molecule has 0 bridgehead atoms. The first-order valence-corrected chi connectivity index (χ1v) is 11.6. The number of pyridine rings is 1. The molecule has 6 heteroatoms. The molecule has 0 fully saturated rings. The summed E-state index contributed by atoms with van der Waals surface area (Å²) in [5, 5.41) is 3.22. The zero-order valence-corrected chi connectivity index (χ0v) is 19.9. The quantitative estimate of drug-likeness (QED) is 0.510. The molecule has 1 aliphatic rings. The van der Waals surface area contributed by atoms with Crippen LogP contribution >= 0.6 is 0 Å². The molecular weight excluding hydrogens is 412 g/mol. The van der Waals surface area contributed by atoms with Crippen LogP contribution in [-0.4, -0.2) is 27.5 Å². The second-order valence-electron chi connectivity index (χ2n) is 9.65. The van der Waals surface area contributed by atoms with Gasteiger partial charge in [-0.25, -0.2) is 9.97 Å². The summed E-state index contributed by atoms with van der Waals surface area (Å²) in [5.41, 5.74) is 5.37. The van der Waals surface area contributed by atoms with Gasteiger partial charge in [0.05, 0.1) is 18.3 Å². The van der Waals surface area contributed by atoms with Crippen molar-refractivity contribution in [2.75, 3.05) is 6.61 Å². The molecule has 2 heterocycles. The van der Waals surface area contributed by atoms with Gasteiger partial charge in [-0.3, -0.25) is 9.78 Å². The van der Waals surface area contributed by atoms with E-state index >= 15 is 0 Å². The molecular formula is C27H32N4O2. The fraction of sp³-hybridized carbons (Fsp3) is 0.407. The molecule has 1 amide bonds. The van der Waals surface area contributed by atoms with Gasteiger partial charge in [0.15, 0.2) is 5.82 Å². The van der Waals surface area contributed by atoms with Gasteiger partial charge in [-0.2, -0.15) is 0 Å². The lowest BCUT2D eigenvalue weighted by atomic mass is 9.74. The van der Waals surface area contributed by atoms with Crippen molar-refractivity contribution in [1.82, 2.24) is 20.3 Å². The van der Waals surface area contributed by atoms with Crippen LogP contribution in [0.1, 0.15) is 61.5 Å². The molecule has 3 aromatic rings. The number of nitrogens with zero attached hydrogens (tertiary/aromatic N) is 3. The Bertz CT molecular complexity index is 1130. The van der Waals surface area contributed by atoms with E-state index in [1.54, 1.807) is 12.4 Å². The van der Waals surface area contributed by atoms with E-state index in [-0.39, 0.29) is 17.4 Å². The standard InChI is InChI=1S/C27H32N4O2/c1-18-7-5-8-24(19(18)2)33-14-6-9-25(32)30-22-15-27(3,4)16-23-21(22)17-29-26(31-23)20-10-12-28-13-11-20/h5,7-8,10-13,17,22H,6,9,14-16H2,1-4H3,(H,30,32)/t22-/m1/s1. The highest BCUT2D eigenvalue weighted by Crippen LogP contribution is 2.40. The molecule has 1 aliphatic carbocycles. The highest BCUT2D eigenvalue weighted by Gasteiger charge is 2.34. The van der Waals surface area contributed by atoms with Crippen molar-refractivity contribution < 1.29 is 9.53 Å².